The van der Waals surface area contributed by atoms with Crippen LogP contribution in [-0.2, 0) is 25.5 Å². The third-order valence-corrected chi connectivity index (χ3v) is 11.5. The van der Waals surface area contributed by atoms with Crippen molar-refractivity contribution >= 4 is 46.4 Å². The molecule has 0 aliphatic rings. The topological polar surface area (TPSA) is 56.7 Å². The van der Waals surface area contributed by atoms with Crippen LogP contribution in [0.2, 0.25) is 19.6 Å². The summed E-state index contributed by atoms with van der Waals surface area (Å²) in [6.45, 7) is 19.4. The van der Waals surface area contributed by atoms with Crippen LogP contribution in [0.25, 0.3) is 61.4 Å². The standard InChI is InChI=1S/C29H24N3O.C17H22NSi.Ir/c1-18-12-17-22-21-8-7-9-23(26(21)33-28(22)30-18)27-31-24-10-5-6-11-25(24)32(27)20-15-13-19(14-16-20)29(2,3)4;1-13(2)14-6-8-15(9-7-14)17-11-10-16(12-18-17)19(3,4)5;/h5-8,10-17H,1-4H3;6-8,10-13H,1-5H3;/q2*-1;/i;13D;. The van der Waals surface area contributed by atoms with Gasteiger partial charge in [0, 0.05) is 44.4 Å². The zero-order chi connectivity index (χ0) is 37.7. The molecule has 0 N–H and O–H groups in total. The normalized spacial score (nSPS) is 12.4. The number of hydrogen-bond donors (Lipinski definition) is 0. The molecule has 5 nitrogen and oxygen atoms in total. The Kier molecular flexibility index (Phi) is 10.4. The third kappa shape index (κ3) is 7.84. The fourth-order valence-corrected chi connectivity index (χ4v) is 7.37. The van der Waals surface area contributed by atoms with E-state index in [1.54, 1.807) is 0 Å². The maximum Gasteiger partial charge on any atom is 0.216 e. The number of para-hydroxylation sites is 2. The van der Waals surface area contributed by atoms with Crippen LogP contribution in [0.3, 0.4) is 0 Å². The summed E-state index contributed by atoms with van der Waals surface area (Å²) < 4.78 is 16.5. The van der Waals surface area contributed by atoms with Crippen molar-refractivity contribution in [3.8, 4) is 28.3 Å². The van der Waals surface area contributed by atoms with Crippen molar-refractivity contribution in [3.05, 3.63) is 138 Å². The fourth-order valence-electron chi connectivity index (χ4n) is 6.34. The van der Waals surface area contributed by atoms with Gasteiger partial charge in [0.2, 0.25) is 5.71 Å². The van der Waals surface area contributed by atoms with E-state index < -0.39 is 14.0 Å². The summed E-state index contributed by atoms with van der Waals surface area (Å²) in [5.41, 5.74) is 10.5. The van der Waals surface area contributed by atoms with Gasteiger partial charge in [-0.25, -0.2) is 4.98 Å². The van der Waals surface area contributed by atoms with E-state index in [1.807, 2.05) is 81.6 Å². The minimum atomic E-state index is -1.29. The number of nitrogens with zero attached hydrogens (tertiary/aromatic N) is 4. The Morgan fingerprint density at radius 2 is 1.58 bits per heavy atom. The molecule has 0 spiro atoms. The number of hydrogen-bond acceptors (Lipinski definition) is 4. The molecule has 1 radical (unpaired) electrons. The Morgan fingerprint density at radius 3 is 2.23 bits per heavy atom. The van der Waals surface area contributed by atoms with Crippen molar-refractivity contribution in [1.29, 1.82) is 0 Å². The van der Waals surface area contributed by atoms with Crippen LogP contribution in [-0.4, -0.2) is 27.6 Å². The van der Waals surface area contributed by atoms with Gasteiger partial charge in [0.05, 0.1) is 30.5 Å². The second-order valence-electron chi connectivity index (χ2n) is 15.7. The number of fused-ring (bicyclic) bond motifs is 4. The average molecular weight is 892 g/mol. The molecular formula is C46H46IrN4OSi-2. The number of rotatable bonds is 5. The van der Waals surface area contributed by atoms with E-state index in [-0.39, 0.29) is 25.5 Å². The van der Waals surface area contributed by atoms with Crippen LogP contribution in [0.5, 0.6) is 0 Å². The number of aryl methyl sites for hydroxylation is 1. The van der Waals surface area contributed by atoms with Gasteiger partial charge in [0.15, 0.2) is 0 Å². The van der Waals surface area contributed by atoms with Crippen LogP contribution >= 0.6 is 0 Å². The maximum absolute atomic E-state index is 8.01. The molecule has 0 unspecified atom stereocenters. The first-order valence-electron chi connectivity index (χ1n) is 18.4. The van der Waals surface area contributed by atoms with Gasteiger partial charge in [-0.15, -0.1) is 53.6 Å². The molecule has 271 valence electrons. The summed E-state index contributed by atoms with van der Waals surface area (Å²) >= 11 is 0. The first-order valence-corrected chi connectivity index (χ1v) is 21.4. The molecular weight excluding hydrogens is 845 g/mol. The van der Waals surface area contributed by atoms with Crippen LogP contribution in [0.1, 0.15) is 58.7 Å². The van der Waals surface area contributed by atoms with Gasteiger partial charge >= 0.3 is 0 Å². The van der Waals surface area contributed by atoms with Crippen LogP contribution in [0.4, 0.5) is 0 Å². The minimum absolute atomic E-state index is 0. The van der Waals surface area contributed by atoms with Crippen LogP contribution in [0, 0.1) is 19.1 Å². The van der Waals surface area contributed by atoms with Crippen LogP contribution in [0.15, 0.2) is 114 Å². The Balaban J connectivity index is 0.000000205. The van der Waals surface area contributed by atoms with E-state index >= 15 is 0 Å². The average Bonchev–Trinajstić information content (AvgIpc) is 3.69. The van der Waals surface area contributed by atoms with Gasteiger partial charge < -0.3 is 14.0 Å². The van der Waals surface area contributed by atoms with E-state index in [2.05, 4.69) is 116 Å². The quantitative estimate of drug-likeness (QED) is 0.128. The molecule has 0 aliphatic carbocycles. The van der Waals surface area contributed by atoms with Crippen LogP contribution < -0.4 is 5.19 Å². The molecule has 4 aromatic heterocycles. The van der Waals surface area contributed by atoms with Crippen molar-refractivity contribution in [2.24, 2.45) is 0 Å². The van der Waals surface area contributed by atoms with Gasteiger partial charge in [-0.3, -0.25) is 4.98 Å². The molecule has 8 rings (SSSR count). The smallest absolute Gasteiger partial charge is 0.216 e. The van der Waals surface area contributed by atoms with Gasteiger partial charge in [-0.1, -0.05) is 108 Å². The van der Waals surface area contributed by atoms with Gasteiger partial charge in [0.25, 0.3) is 0 Å². The van der Waals surface area contributed by atoms with E-state index in [0.717, 1.165) is 67.0 Å². The van der Waals surface area contributed by atoms with Crippen molar-refractivity contribution in [3.63, 3.8) is 0 Å². The molecule has 0 saturated carbocycles. The zero-order valence-corrected chi connectivity index (χ0v) is 35.3. The first kappa shape index (κ1) is 36.7. The Bertz CT molecular complexity index is 2500. The number of benzene rings is 4. The predicted molar refractivity (Wildman–Crippen MR) is 219 cm³/mol. The largest absolute Gasteiger partial charge is 0.486 e. The summed E-state index contributed by atoms with van der Waals surface area (Å²) in [6.07, 6.45) is 2.00. The molecule has 0 bridgehead atoms. The first-order chi connectivity index (χ1) is 25.1. The zero-order valence-electron chi connectivity index (χ0n) is 32.9. The number of furan rings is 1. The molecule has 53 heavy (non-hydrogen) atoms. The molecule has 0 saturated heterocycles. The van der Waals surface area contributed by atoms with Crippen molar-refractivity contribution in [1.82, 2.24) is 19.5 Å². The Labute approximate surface area is 329 Å². The number of aromatic nitrogens is 4. The number of pyridine rings is 2. The molecule has 0 atom stereocenters. The SMILES string of the molecule is Cc1ccc2c(n1)oc1c(-c3nc4ccccc4n3-c3ccc(C(C)(C)C)cc3)[c-]ccc12.[2H]C(C)(C)c1c[c-]c(-c2ccc([Si](C)(C)C)cn2)cc1.[Ir]. The predicted octanol–water partition coefficient (Wildman–Crippen LogP) is 11.6. The van der Waals surface area contributed by atoms with E-state index in [0.29, 0.717) is 5.71 Å². The number of imidazole rings is 1. The second kappa shape index (κ2) is 15.0. The van der Waals surface area contributed by atoms with Gasteiger partial charge in [-0.2, -0.15) is 0 Å². The van der Waals surface area contributed by atoms with Crippen molar-refractivity contribution < 1.29 is 25.9 Å². The monoisotopic (exact) mass is 892 g/mol. The van der Waals surface area contributed by atoms with Gasteiger partial charge in [0.1, 0.15) is 0 Å². The summed E-state index contributed by atoms with van der Waals surface area (Å²) in [6, 6.07) is 41.8. The maximum atomic E-state index is 8.01. The van der Waals surface area contributed by atoms with Crippen molar-refractivity contribution in [2.75, 3.05) is 0 Å². The summed E-state index contributed by atoms with van der Waals surface area (Å²) in [5.74, 6) is 0.227. The molecule has 0 aliphatic heterocycles. The minimum Gasteiger partial charge on any atom is -0.486 e. The summed E-state index contributed by atoms with van der Waals surface area (Å²) in [4.78, 5) is 14.2. The molecule has 0 fully saturated rings. The van der Waals surface area contributed by atoms with E-state index in [9.17, 15) is 0 Å². The second-order valence-corrected chi connectivity index (χ2v) is 20.8. The fraction of sp³-hybridized carbons (Fsp3) is 0.239. The molecule has 8 aromatic rings. The van der Waals surface area contributed by atoms with E-state index in [1.165, 1.54) is 10.8 Å². The Hall–Kier alpha value is -4.68. The summed E-state index contributed by atoms with van der Waals surface area (Å²) in [5, 5.41) is 3.39. The van der Waals surface area contributed by atoms with Gasteiger partial charge in [-0.05, 0) is 65.2 Å². The molecule has 7 heteroatoms. The molecule has 4 aromatic carbocycles. The third-order valence-electron chi connectivity index (χ3n) is 9.51. The Morgan fingerprint density at radius 1 is 0.830 bits per heavy atom. The summed E-state index contributed by atoms with van der Waals surface area (Å²) in [7, 11) is -1.29. The molecule has 4 heterocycles. The van der Waals surface area contributed by atoms with Crippen molar-refractivity contribution in [2.45, 2.75) is 72.5 Å². The molecule has 0 amide bonds. The van der Waals surface area contributed by atoms with E-state index in [4.69, 9.17) is 10.8 Å².